The average molecular weight is 348 g/mol. The molecule has 2 aromatic carbocycles. The highest BCUT2D eigenvalue weighted by Gasteiger charge is 2.10. The van der Waals surface area contributed by atoms with Gasteiger partial charge in [0.05, 0.1) is 19.2 Å². The summed E-state index contributed by atoms with van der Waals surface area (Å²) in [5, 5.41) is 2.88. The summed E-state index contributed by atoms with van der Waals surface area (Å²) in [6.07, 6.45) is 1.58. The second-order valence-electron chi connectivity index (χ2n) is 6.00. The summed E-state index contributed by atoms with van der Waals surface area (Å²) >= 11 is 0. The van der Waals surface area contributed by atoms with Crippen molar-refractivity contribution in [2.24, 2.45) is 0 Å². The second-order valence-corrected chi connectivity index (χ2v) is 6.00. The van der Waals surface area contributed by atoms with Crippen LogP contribution in [0.15, 0.2) is 71.7 Å². The molecule has 0 aliphatic rings. The molecular formula is C21H20N2O3. The monoisotopic (exact) mass is 348 g/mol. The second kappa shape index (κ2) is 7.70. The molecule has 1 heterocycles. The van der Waals surface area contributed by atoms with Crippen LogP contribution in [0.4, 0.5) is 5.69 Å². The van der Waals surface area contributed by atoms with Crippen molar-refractivity contribution in [1.82, 2.24) is 4.57 Å². The van der Waals surface area contributed by atoms with E-state index in [1.54, 1.807) is 13.3 Å². The van der Waals surface area contributed by atoms with E-state index in [4.69, 9.17) is 4.74 Å². The molecule has 5 heteroatoms. The molecule has 1 N–H and O–H groups in total. The first-order valence-electron chi connectivity index (χ1n) is 8.27. The summed E-state index contributed by atoms with van der Waals surface area (Å²) in [6.45, 7) is 2.29. The topological polar surface area (TPSA) is 60.3 Å². The number of benzene rings is 2. The minimum atomic E-state index is -0.251. The Balaban J connectivity index is 1.84. The van der Waals surface area contributed by atoms with Crippen molar-refractivity contribution in [2.45, 2.75) is 13.5 Å². The lowest BCUT2D eigenvalue weighted by atomic mass is 10.2. The summed E-state index contributed by atoms with van der Waals surface area (Å²) in [5.74, 6) is 0.475. The fourth-order valence-electron chi connectivity index (χ4n) is 2.66. The van der Waals surface area contributed by atoms with Gasteiger partial charge in [0.2, 0.25) is 0 Å². The van der Waals surface area contributed by atoms with Gasteiger partial charge in [-0.1, -0.05) is 30.3 Å². The van der Waals surface area contributed by atoms with Gasteiger partial charge in [-0.05, 0) is 42.3 Å². The Morgan fingerprint density at radius 1 is 1.08 bits per heavy atom. The Bertz CT molecular complexity index is 992. The third kappa shape index (κ3) is 4.00. The Labute approximate surface area is 151 Å². The van der Waals surface area contributed by atoms with Crippen LogP contribution < -0.4 is 15.6 Å². The number of ether oxygens (including phenoxy) is 1. The lowest BCUT2D eigenvalue weighted by Gasteiger charge is -2.11. The van der Waals surface area contributed by atoms with Gasteiger partial charge < -0.3 is 14.6 Å². The first-order chi connectivity index (χ1) is 12.6. The molecule has 5 nitrogen and oxygen atoms in total. The number of nitrogens with zero attached hydrogens (tertiary/aromatic N) is 1. The summed E-state index contributed by atoms with van der Waals surface area (Å²) in [4.78, 5) is 24.7. The van der Waals surface area contributed by atoms with Gasteiger partial charge in [0.1, 0.15) is 5.75 Å². The summed E-state index contributed by atoms with van der Waals surface area (Å²) in [6, 6.07) is 18.0. The maximum Gasteiger partial charge on any atom is 0.257 e. The van der Waals surface area contributed by atoms with Gasteiger partial charge in [-0.3, -0.25) is 9.59 Å². The molecule has 0 aliphatic carbocycles. The van der Waals surface area contributed by atoms with Crippen molar-refractivity contribution < 1.29 is 9.53 Å². The maximum atomic E-state index is 12.5. The van der Waals surface area contributed by atoms with Crippen molar-refractivity contribution in [3.8, 4) is 5.75 Å². The highest BCUT2D eigenvalue weighted by atomic mass is 16.5. The number of rotatable bonds is 5. The molecule has 132 valence electrons. The number of anilines is 1. The molecule has 3 aromatic rings. The Kier molecular flexibility index (Phi) is 5.17. The lowest BCUT2D eigenvalue weighted by Crippen LogP contribution is -2.22. The first kappa shape index (κ1) is 17.5. The first-order valence-corrected chi connectivity index (χ1v) is 8.27. The van der Waals surface area contributed by atoms with Crippen LogP contribution >= 0.6 is 0 Å². The van der Waals surface area contributed by atoms with Gasteiger partial charge in [-0.25, -0.2) is 0 Å². The normalized spacial score (nSPS) is 10.4. The van der Waals surface area contributed by atoms with Crippen LogP contribution in [-0.4, -0.2) is 17.6 Å². The van der Waals surface area contributed by atoms with Gasteiger partial charge in [0, 0.05) is 18.0 Å². The van der Waals surface area contributed by atoms with Crippen molar-refractivity contribution in [3.05, 3.63) is 93.9 Å². The van der Waals surface area contributed by atoms with E-state index in [9.17, 15) is 9.59 Å². The number of carbonyl (C=O) groups excluding carboxylic acids is 1. The highest BCUT2D eigenvalue weighted by Crippen LogP contribution is 2.15. The van der Waals surface area contributed by atoms with E-state index in [0.29, 0.717) is 12.1 Å². The van der Waals surface area contributed by atoms with Gasteiger partial charge in [-0.15, -0.1) is 0 Å². The van der Waals surface area contributed by atoms with Gasteiger partial charge in [0.25, 0.3) is 11.5 Å². The fraction of sp³-hybridized carbons (Fsp3) is 0.143. The Hall–Kier alpha value is -3.34. The third-order valence-corrected chi connectivity index (χ3v) is 4.13. The molecule has 0 bridgehead atoms. The molecular weight excluding hydrogens is 328 g/mol. The van der Waals surface area contributed by atoms with Crippen molar-refractivity contribution in [2.75, 3.05) is 12.4 Å². The zero-order valence-electron chi connectivity index (χ0n) is 14.7. The molecule has 1 amide bonds. The predicted octanol–water partition coefficient (Wildman–Crippen LogP) is 3.47. The quantitative estimate of drug-likeness (QED) is 0.768. The van der Waals surface area contributed by atoms with E-state index < -0.39 is 0 Å². The molecule has 3 rings (SSSR count). The van der Waals surface area contributed by atoms with Gasteiger partial charge in [-0.2, -0.15) is 0 Å². The van der Waals surface area contributed by atoms with E-state index in [1.807, 2.05) is 55.5 Å². The maximum absolute atomic E-state index is 12.5. The number of methoxy groups -OCH3 is 1. The molecule has 0 spiro atoms. The Morgan fingerprint density at radius 2 is 1.88 bits per heavy atom. The van der Waals surface area contributed by atoms with E-state index in [2.05, 4.69) is 5.32 Å². The number of para-hydroxylation sites is 1. The number of nitrogens with one attached hydrogen (secondary N) is 1. The number of pyridine rings is 1. The van der Waals surface area contributed by atoms with E-state index in [1.165, 1.54) is 16.7 Å². The standard InChI is InChI=1S/C21H20N2O3/c1-15-6-3-4-9-19(15)22-21(25)17-10-11-20(24)23(14-17)13-16-7-5-8-18(12-16)26-2/h3-12,14H,13H2,1-2H3,(H,22,25). The molecule has 0 fully saturated rings. The van der Waals surface area contributed by atoms with Crippen molar-refractivity contribution in [1.29, 1.82) is 0 Å². The molecule has 26 heavy (non-hydrogen) atoms. The summed E-state index contributed by atoms with van der Waals surface area (Å²) in [5.41, 5.74) is 2.91. The number of aromatic nitrogens is 1. The third-order valence-electron chi connectivity index (χ3n) is 4.13. The van der Waals surface area contributed by atoms with Crippen LogP contribution in [0.1, 0.15) is 21.5 Å². The van der Waals surface area contributed by atoms with Crippen molar-refractivity contribution >= 4 is 11.6 Å². The molecule has 1 aromatic heterocycles. The predicted molar refractivity (Wildman–Crippen MR) is 102 cm³/mol. The largest absolute Gasteiger partial charge is 0.497 e. The molecule has 0 radical (unpaired) electrons. The van der Waals surface area contributed by atoms with E-state index >= 15 is 0 Å². The number of aryl methyl sites for hydroxylation is 1. The van der Waals surface area contributed by atoms with Crippen LogP contribution in [0.5, 0.6) is 5.75 Å². The molecule has 0 saturated heterocycles. The number of hydrogen-bond donors (Lipinski definition) is 1. The van der Waals surface area contributed by atoms with Crippen molar-refractivity contribution in [3.63, 3.8) is 0 Å². The molecule has 0 saturated carbocycles. The molecule has 0 aliphatic heterocycles. The zero-order valence-corrected chi connectivity index (χ0v) is 14.7. The number of carbonyl (C=O) groups is 1. The Morgan fingerprint density at radius 3 is 2.65 bits per heavy atom. The minimum Gasteiger partial charge on any atom is -0.497 e. The van der Waals surface area contributed by atoms with Gasteiger partial charge >= 0.3 is 0 Å². The highest BCUT2D eigenvalue weighted by molar-refractivity contribution is 6.04. The van der Waals surface area contributed by atoms with Crippen LogP contribution in [0.2, 0.25) is 0 Å². The summed E-state index contributed by atoms with van der Waals surface area (Å²) in [7, 11) is 1.60. The average Bonchev–Trinajstić information content (AvgIpc) is 2.65. The SMILES string of the molecule is COc1cccc(Cn2cc(C(=O)Nc3ccccc3C)ccc2=O)c1. The van der Waals surface area contributed by atoms with Crippen LogP contribution in [-0.2, 0) is 6.54 Å². The number of amides is 1. The van der Waals surface area contributed by atoms with Crippen LogP contribution in [0.25, 0.3) is 0 Å². The molecule has 0 unspecified atom stereocenters. The fourth-order valence-corrected chi connectivity index (χ4v) is 2.66. The smallest absolute Gasteiger partial charge is 0.257 e. The van der Waals surface area contributed by atoms with Crippen LogP contribution in [0.3, 0.4) is 0 Å². The zero-order chi connectivity index (χ0) is 18.5. The summed E-state index contributed by atoms with van der Waals surface area (Å²) < 4.78 is 6.73. The molecule has 0 atom stereocenters. The number of hydrogen-bond acceptors (Lipinski definition) is 3. The lowest BCUT2D eigenvalue weighted by molar-refractivity contribution is 0.102. The van der Waals surface area contributed by atoms with E-state index in [-0.39, 0.29) is 11.5 Å². The minimum absolute atomic E-state index is 0.166. The van der Waals surface area contributed by atoms with Gasteiger partial charge in [0.15, 0.2) is 0 Å². The van der Waals surface area contributed by atoms with E-state index in [0.717, 1.165) is 22.6 Å². The van der Waals surface area contributed by atoms with Crippen LogP contribution in [0, 0.1) is 6.92 Å².